The summed E-state index contributed by atoms with van der Waals surface area (Å²) >= 11 is 6.15. The molecule has 1 aliphatic heterocycles. The van der Waals surface area contributed by atoms with Gasteiger partial charge in [0, 0.05) is 17.4 Å². The zero-order valence-electron chi connectivity index (χ0n) is 15.2. The van der Waals surface area contributed by atoms with E-state index in [-0.39, 0.29) is 18.6 Å². The lowest BCUT2D eigenvalue weighted by atomic mass is 10.1. The van der Waals surface area contributed by atoms with Crippen molar-refractivity contribution < 1.29 is 19.0 Å². The van der Waals surface area contributed by atoms with E-state index in [9.17, 15) is 4.79 Å². The Balaban J connectivity index is 1.52. The van der Waals surface area contributed by atoms with E-state index < -0.39 is 0 Å². The third-order valence-electron chi connectivity index (χ3n) is 4.24. The van der Waals surface area contributed by atoms with Crippen LogP contribution in [-0.2, 0) is 0 Å². The summed E-state index contributed by atoms with van der Waals surface area (Å²) in [5, 5.41) is 12.3. The first-order valence-corrected chi connectivity index (χ1v) is 8.97. The third kappa shape index (κ3) is 3.79. The monoisotopic (exact) mass is 407 g/mol. The highest BCUT2D eigenvalue weighted by molar-refractivity contribution is 6.32. The Morgan fingerprint density at radius 3 is 2.93 bits per heavy atom. The zero-order chi connectivity index (χ0) is 20.4. The number of carbonyl (C=O) groups excluding carboxylic acids is 1. The number of aromatic nitrogens is 1. The maximum Gasteiger partial charge on any atom is 0.255 e. The van der Waals surface area contributed by atoms with E-state index >= 15 is 0 Å². The van der Waals surface area contributed by atoms with Gasteiger partial charge in [-0.05, 0) is 55.0 Å². The van der Waals surface area contributed by atoms with Gasteiger partial charge in [0.1, 0.15) is 17.4 Å². The van der Waals surface area contributed by atoms with Gasteiger partial charge in [0.2, 0.25) is 12.7 Å². The van der Waals surface area contributed by atoms with Gasteiger partial charge >= 0.3 is 0 Å². The number of pyridine rings is 1. The van der Waals surface area contributed by atoms with Crippen molar-refractivity contribution in [1.82, 2.24) is 4.98 Å². The van der Waals surface area contributed by atoms with Gasteiger partial charge < -0.3 is 19.5 Å². The molecule has 3 aromatic rings. The van der Waals surface area contributed by atoms with Crippen molar-refractivity contribution in [2.75, 3.05) is 12.1 Å². The SMILES string of the molecule is Cc1cc(Oc2ncccc2C#N)ccc1NC(=O)c1cc(Cl)c2c(c1)OCO2. The number of benzene rings is 2. The van der Waals surface area contributed by atoms with Crippen LogP contribution < -0.4 is 19.5 Å². The topological polar surface area (TPSA) is 93.5 Å². The molecule has 7 nitrogen and oxygen atoms in total. The first-order valence-electron chi connectivity index (χ1n) is 8.59. The number of aryl methyl sites for hydroxylation is 1. The second-order valence-corrected chi connectivity index (χ2v) is 6.60. The summed E-state index contributed by atoms with van der Waals surface area (Å²) in [6.07, 6.45) is 1.55. The Morgan fingerprint density at radius 2 is 2.14 bits per heavy atom. The van der Waals surface area contributed by atoms with Crippen LogP contribution in [0.25, 0.3) is 0 Å². The molecule has 1 amide bonds. The summed E-state index contributed by atoms with van der Waals surface area (Å²) in [7, 11) is 0. The van der Waals surface area contributed by atoms with Crippen LogP contribution in [0.4, 0.5) is 5.69 Å². The van der Waals surface area contributed by atoms with Gasteiger partial charge in [0.05, 0.1) is 5.02 Å². The molecule has 0 aliphatic carbocycles. The first kappa shape index (κ1) is 18.6. The Bertz CT molecular complexity index is 1160. The molecule has 0 fully saturated rings. The van der Waals surface area contributed by atoms with Crippen LogP contribution in [-0.4, -0.2) is 17.7 Å². The normalized spacial score (nSPS) is 11.6. The van der Waals surface area contributed by atoms with Crippen molar-refractivity contribution in [3.63, 3.8) is 0 Å². The van der Waals surface area contributed by atoms with E-state index in [1.54, 1.807) is 42.6 Å². The number of anilines is 1. The molecule has 0 saturated heterocycles. The second-order valence-electron chi connectivity index (χ2n) is 6.19. The van der Waals surface area contributed by atoms with E-state index in [4.69, 9.17) is 31.1 Å². The van der Waals surface area contributed by atoms with Gasteiger partial charge in [-0.2, -0.15) is 5.26 Å². The number of rotatable bonds is 4. The predicted octanol–water partition coefficient (Wildman–Crippen LogP) is 4.69. The number of nitrogens with one attached hydrogen (secondary N) is 1. The maximum atomic E-state index is 12.6. The number of nitriles is 1. The average Bonchev–Trinajstić information content (AvgIpc) is 3.20. The van der Waals surface area contributed by atoms with E-state index in [1.807, 2.05) is 13.0 Å². The van der Waals surface area contributed by atoms with Gasteiger partial charge in [0.25, 0.3) is 5.91 Å². The molecule has 1 aliphatic rings. The standard InChI is InChI=1S/C21H14ClN3O4/c1-12-7-15(29-21-13(10-23)3-2-6-24-21)4-5-17(12)25-20(26)14-8-16(22)19-18(9-14)27-11-28-19/h2-9H,11H2,1H3,(H,25,26). The summed E-state index contributed by atoms with van der Waals surface area (Å²) in [4.78, 5) is 16.7. The molecule has 0 spiro atoms. The highest BCUT2D eigenvalue weighted by Gasteiger charge is 2.21. The van der Waals surface area contributed by atoms with Crippen molar-refractivity contribution in [2.24, 2.45) is 0 Å². The van der Waals surface area contributed by atoms with Crippen LogP contribution in [0, 0.1) is 18.3 Å². The molecule has 2 aromatic carbocycles. The average molecular weight is 408 g/mol. The van der Waals surface area contributed by atoms with Crippen molar-refractivity contribution in [2.45, 2.75) is 6.92 Å². The highest BCUT2D eigenvalue weighted by Crippen LogP contribution is 2.40. The lowest BCUT2D eigenvalue weighted by Gasteiger charge is -2.12. The Labute approximate surface area is 171 Å². The quantitative estimate of drug-likeness (QED) is 0.674. The zero-order valence-corrected chi connectivity index (χ0v) is 16.0. The minimum atomic E-state index is -0.335. The Morgan fingerprint density at radius 1 is 1.28 bits per heavy atom. The summed E-state index contributed by atoms with van der Waals surface area (Å²) in [5.41, 5.74) is 2.07. The molecule has 8 heteroatoms. The maximum absolute atomic E-state index is 12.6. The lowest BCUT2D eigenvalue weighted by Crippen LogP contribution is -2.12. The molecule has 29 heavy (non-hydrogen) atoms. The van der Waals surface area contributed by atoms with E-state index in [2.05, 4.69) is 10.3 Å². The van der Waals surface area contributed by atoms with E-state index in [1.165, 1.54) is 6.07 Å². The smallest absolute Gasteiger partial charge is 0.255 e. The molecule has 2 heterocycles. The largest absolute Gasteiger partial charge is 0.454 e. The highest BCUT2D eigenvalue weighted by atomic mass is 35.5. The minimum absolute atomic E-state index is 0.0739. The molecule has 0 atom stereocenters. The van der Waals surface area contributed by atoms with Gasteiger partial charge in [-0.15, -0.1) is 0 Å². The number of amides is 1. The summed E-state index contributed by atoms with van der Waals surface area (Å²) in [6, 6.07) is 13.6. The molecule has 0 radical (unpaired) electrons. The Kier molecular flexibility index (Phi) is 4.94. The van der Waals surface area contributed by atoms with Crippen molar-refractivity contribution >= 4 is 23.2 Å². The minimum Gasteiger partial charge on any atom is -0.454 e. The van der Waals surface area contributed by atoms with Gasteiger partial charge in [-0.25, -0.2) is 4.98 Å². The number of carbonyl (C=O) groups is 1. The van der Waals surface area contributed by atoms with E-state index in [0.717, 1.165) is 5.56 Å². The molecule has 1 N–H and O–H groups in total. The fraction of sp³-hybridized carbons (Fsp3) is 0.0952. The molecule has 0 unspecified atom stereocenters. The van der Waals surface area contributed by atoms with Crippen molar-refractivity contribution in [1.29, 1.82) is 5.26 Å². The lowest BCUT2D eigenvalue weighted by molar-refractivity contribution is 0.102. The molecule has 144 valence electrons. The van der Waals surface area contributed by atoms with Crippen LogP contribution in [0.3, 0.4) is 0 Å². The molecule has 0 saturated carbocycles. The van der Waals surface area contributed by atoms with Gasteiger partial charge in [0.15, 0.2) is 11.5 Å². The molecule has 1 aromatic heterocycles. The fourth-order valence-electron chi connectivity index (χ4n) is 2.80. The molecular weight excluding hydrogens is 394 g/mol. The Hall–Kier alpha value is -3.76. The first-order chi connectivity index (χ1) is 14.0. The molecule has 4 rings (SSSR count). The number of halogens is 1. The van der Waals surface area contributed by atoms with Crippen LogP contribution in [0.2, 0.25) is 5.02 Å². The van der Waals surface area contributed by atoms with E-state index in [0.29, 0.717) is 39.1 Å². The third-order valence-corrected chi connectivity index (χ3v) is 4.52. The second kappa shape index (κ2) is 7.70. The van der Waals surface area contributed by atoms with Crippen LogP contribution >= 0.6 is 11.6 Å². The molecular formula is C21H14ClN3O4. The van der Waals surface area contributed by atoms with Gasteiger partial charge in [-0.3, -0.25) is 4.79 Å². The predicted molar refractivity (Wildman–Crippen MR) is 106 cm³/mol. The molecule has 0 bridgehead atoms. The van der Waals surface area contributed by atoms with Crippen LogP contribution in [0.1, 0.15) is 21.5 Å². The van der Waals surface area contributed by atoms with Crippen molar-refractivity contribution in [3.8, 4) is 29.2 Å². The summed E-state index contributed by atoms with van der Waals surface area (Å²) in [6.45, 7) is 1.91. The van der Waals surface area contributed by atoms with Crippen LogP contribution in [0.5, 0.6) is 23.1 Å². The number of nitrogens with zero attached hydrogens (tertiary/aromatic N) is 2. The van der Waals surface area contributed by atoms with Gasteiger partial charge in [-0.1, -0.05) is 11.6 Å². The number of ether oxygens (including phenoxy) is 3. The fourth-order valence-corrected chi connectivity index (χ4v) is 3.07. The summed E-state index contributed by atoms with van der Waals surface area (Å²) in [5.74, 6) is 1.26. The van der Waals surface area contributed by atoms with Crippen LogP contribution in [0.15, 0.2) is 48.7 Å². The number of fused-ring (bicyclic) bond motifs is 1. The summed E-state index contributed by atoms with van der Waals surface area (Å²) < 4.78 is 16.3. The number of hydrogen-bond acceptors (Lipinski definition) is 6. The van der Waals surface area contributed by atoms with Crippen molar-refractivity contribution in [3.05, 3.63) is 70.4 Å². The number of hydrogen-bond donors (Lipinski definition) is 1.